The summed E-state index contributed by atoms with van der Waals surface area (Å²) in [6.07, 6.45) is 3.39. The first-order chi connectivity index (χ1) is 16.5. The van der Waals surface area contributed by atoms with E-state index in [2.05, 4.69) is 16.7 Å². The lowest BCUT2D eigenvalue weighted by Crippen LogP contribution is -2.47. The van der Waals surface area contributed by atoms with Crippen molar-refractivity contribution in [2.24, 2.45) is 0 Å². The van der Waals surface area contributed by atoms with Crippen molar-refractivity contribution in [2.75, 3.05) is 37.6 Å². The predicted octanol–water partition coefficient (Wildman–Crippen LogP) is 3.24. The van der Waals surface area contributed by atoms with Crippen molar-refractivity contribution in [1.29, 1.82) is 0 Å². The number of piperazine rings is 1. The number of benzene rings is 1. The molecule has 2 aliphatic rings. The van der Waals surface area contributed by atoms with Crippen LogP contribution in [0.3, 0.4) is 0 Å². The summed E-state index contributed by atoms with van der Waals surface area (Å²) in [6.45, 7) is 6.93. The summed E-state index contributed by atoms with van der Waals surface area (Å²) in [5, 5.41) is 0. The number of thioether (sulfide) groups is 1. The van der Waals surface area contributed by atoms with Gasteiger partial charge in [-0.15, -0.1) is 0 Å². The zero-order valence-electron chi connectivity index (χ0n) is 18.9. The average Bonchev–Trinajstić information content (AvgIpc) is 3.13. The van der Waals surface area contributed by atoms with Crippen LogP contribution in [-0.2, 0) is 11.3 Å². The Kier molecular flexibility index (Phi) is 6.49. The van der Waals surface area contributed by atoms with Crippen LogP contribution < -0.4 is 10.5 Å². The van der Waals surface area contributed by atoms with Gasteiger partial charge < -0.3 is 9.80 Å². The number of aromatic nitrogens is 2. The van der Waals surface area contributed by atoms with Crippen molar-refractivity contribution in [3.05, 3.63) is 81.1 Å². The predicted molar refractivity (Wildman–Crippen MR) is 141 cm³/mol. The fraction of sp³-hybridized carbons (Fsp3) is 0.280. The summed E-state index contributed by atoms with van der Waals surface area (Å²) in [5.74, 6) is 0.443. The van der Waals surface area contributed by atoms with Gasteiger partial charge in [0.15, 0.2) is 0 Å². The van der Waals surface area contributed by atoms with Gasteiger partial charge in [0.2, 0.25) is 0 Å². The van der Waals surface area contributed by atoms with Crippen LogP contribution in [-0.4, -0.2) is 62.1 Å². The largest absolute Gasteiger partial charge is 0.353 e. The first-order valence-electron chi connectivity index (χ1n) is 11.3. The first-order valence-corrected chi connectivity index (χ1v) is 12.6. The Morgan fingerprint density at radius 3 is 2.50 bits per heavy atom. The molecule has 0 bridgehead atoms. The summed E-state index contributed by atoms with van der Waals surface area (Å²) < 4.78 is 2.02. The maximum absolute atomic E-state index is 13.5. The number of hydrogen-bond donors (Lipinski definition) is 0. The number of pyridine rings is 1. The molecule has 3 aromatic rings. The van der Waals surface area contributed by atoms with Gasteiger partial charge in [0.25, 0.3) is 11.5 Å². The second-order valence-electron chi connectivity index (χ2n) is 8.26. The van der Waals surface area contributed by atoms with Crippen LogP contribution in [0, 0.1) is 0 Å². The minimum Gasteiger partial charge on any atom is -0.353 e. The van der Waals surface area contributed by atoms with Crippen LogP contribution in [0.1, 0.15) is 18.1 Å². The zero-order valence-corrected chi connectivity index (χ0v) is 20.5. The lowest BCUT2D eigenvalue weighted by Gasteiger charge is -2.35. The highest BCUT2D eigenvalue weighted by molar-refractivity contribution is 8.26. The van der Waals surface area contributed by atoms with Gasteiger partial charge in [-0.1, -0.05) is 67.3 Å². The molecule has 0 spiro atoms. The fourth-order valence-electron chi connectivity index (χ4n) is 4.27. The van der Waals surface area contributed by atoms with E-state index in [9.17, 15) is 9.59 Å². The second kappa shape index (κ2) is 9.69. The number of rotatable bonds is 5. The summed E-state index contributed by atoms with van der Waals surface area (Å²) >= 11 is 6.75. The van der Waals surface area contributed by atoms with E-state index < -0.39 is 0 Å². The standard InChI is InChI=1S/C25H25N5O2S2/c1-2-27-12-14-28(15-13-27)22-19(23(31)29-11-7-6-10-21(29)26-22)16-20-24(32)30(25(33)34-20)17-18-8-4-3-5-9-18/h3-11,16H,2,12-15,17H2,1H3/b20-16-. The van der Waals surface area contributed by atoms with Crippen LogP contribution in [0.5, 0.6) is 0 Å². The molecule has 174 valence electrons. The highest BCUT2D eigenvalue weighted by Crippen LogP contribution is 2.34. The van der Waals surface area contributed by atoms with Crippen LogP contribution in [0.4, 0.5) is 5.82 Å². The Morgan fingerprint density at radius 2 is 1.76 bits per heavy atom. The van der Waals surface area contributed by atoms with E-state index in [1.807, 2.05) is 42.5 Å². The van der Waals surface area contributed by atoms with E-state index in [1.54, 1.807) is 23.2 Å². The van der Waals surface area contributed by atoms with Crippen molar-refractivity contribution in [3.63, 3.8) is 0 Å². The number of carbonyl (C=O) groups excluding carboxylic acids is 1. The molecular formula is C25H25N5O2S2. The third-order valence-corrected chi connectivity index (χ3v) is 7.58. The molecule has 0 atom stereocenters. The van der Waals surface area contributed by atoms with E-state index in [0.29, 0.717) is 32.8 Å². The van der Waals surface area contributed by atoms with Crippen molar-refractivity contribution in [2.45, 2.75) is 13.5 Å². The lowest BCUT2D eigenvalue weighted by atomic mass is 10.2. The minimum atomic E-state index is -0.188. The molecule has 0 saturated carbocycles. The smallest absolute Gasteiger partial charge is 0.267 e. The third-order valence-electron chi connectivity index (χ3n) is 6.20. The zero-order chi connectivity index (χ0) is 23.7. The van der Waals surface area contributed by atoms with Gasteiger partial charge in [0.05, 0.1) is 17.0 Å². The molecule has 2 aromatic heterocycles. The van der Waals surface area contributed by atoms with Crippen LogP contribution in [0.2, 0.25) is 0 Å². The van der Waals surface area contributed by atoms with E-state index >= 15 is 0 Å². The maximum Gasteiger partial charge on any atom is 0.267 e. The van der Waals surface area contributed by atoms with Gasteiger partial charge in [-0.05, 0) is 30.3 Å². The summed E-state index contributed by atoms with van der Waals surface area (Å²) in [4.78, 5) is 38.2. The molecule has 2 fully saturated rings. The molecule has 0 aliphatic carbocycles. The van der Waals surface area contributed by atoms with E-state index in [4.69, 9.17) is 17.2 Å². The molecule has 2 saturated heterocycles. The van der Waals surface area contributed by atoms with Crippen LogP contribution in [0.15, 0.2) is 64.4 Å². The molecule has 0 N–H and O–H groups in total. The Morgan fingerprint density at radius 1 is 1.03 bits per heavy atom. The molecule has 0 radical (unpaired) electrons. The number of hydrogen-bond acceptors (Lipinski definition) is 7. The van der Waals surface area contributed by atoms with Crippen molar-refractivity contribution >= 4 is 51.7 Å². The molecule has 0 unspecified atom stereocenters. The fourth-order valence-corrected chi connectivity index (χ4v) is 5.50. The van der Waals surface area contributed by atoms with Gasteiger partial charge in [-0.2, -0.15) is 0 Å². The number of likely N-dealkylation sites (N-methyl/N-ethyl adjacent to an activating group) is 1. The van der Waals surface area contributed by atoms with E-state index in [0.717, 1.165) is 38.3 Å². The highest BCUT2D eigenvalue weighted by atomic mass is 32.2. The molecule has 34 heavy (non-hydrogen) atoms. The highest BCUT2D eigenvalue weighted by Gasteiger charge is 2.33. The van der Waals surface area contributed by atoms with E-state index in [1.165, 1.54) is 16.2 Å². The normalized spacial score (nSPS) is 18.4. The van der Waals surface area contributed by atoms with Crippen LogP contribution >= 0.6 is 24.0 Å². The number of carbonyl (C=O) groups is 1. The number of amides is 1. The van der Waals surface area contributed by atoms with Gasteiger partial charge in [-0.25, -0.2) is 4.98 Å². The van der Waals surface area contributed by atoms with Gasteiger partial charge in [0.1, 0.15) is 15.8 Å². The minimum absolute atomic E-state index is 0.182. The Hall–Kier alpha value is -3.01. The molecular weight excluding hydrogens is 466 g/mol. The van der Waals surface area contributed by atoms with Gasteiger partial charge in [0, 0.05) is 32.4 Å². The summed E-state index contributed by atoms with van der Waals surface area (Å²) in [5.41, 5.74) is 1.83. The Labute approximate surface area is 207 Å². The number of anilines is 1. The van der Waals surface area contributed by atoms with Gasteiger partial charge >= 0.3 is 0 Å². The number of fused-ring (bicyclic) bond motifs is 1. The molecule has 7 nitrogen and oxygen atoms in total. The topological polar surface area (TPSA) is 61.2 Å². The van der Waals surface area contributed by atoms with E-state index in [-0.39, 0.29) is 11.5 Å². The lowest BCUT2D eigenvalue weighted by molar-refractivity contribution is -0.122. The molecule has 1 aromatic carbocycles. The molecule has 9 heteroatoms. The van der Waals surface area contributed by atoms with Crippen molar-refractivity contribution in [1.82, 2.24) is 19.2 Å². The maximum atomic E-state index is 13.5. The quantitative estimate of drug-likeness (QED) is 0.401. The molecule has 1 amide bonds. The monoisotopic (exact) mass is 491 g/mol. The second-order valence-corrected chi connectivity index (χ2v) is 9.93. The SMILES string of the molecule is CCN1CCN(c2nc3ccccn3c(=O)c2/C=C2\SC(=S)N(Cc3ccccc3)C2=O)CC1. The third kappa shape index (κ3) is 4.38. The van der Waals surface area contributed by atoms with Crippen molar-refractivity contribution < 1.29 is 4.79 Å². The number of nitrogens with zero attached hydrogens (tertiary/aromatic N) is 5. The van der Waals surface area contributed by atoms with Crippen LogP contribution in [0.25, 0.3) is 11.7 Å². The molecule has 2 aliphatic heterocycles. The average molecular weight is 492 g/mol. The Bertz CT molecular complexity index is 1330. The molecule has 5 rings (SSSR count). The van der Waals surface area contributed by atoms with Gasteiger partial charge in [-0.3, -0.25) is 18.9 Å². The molecule has 4 heterocycles. The Balaban J connectivity index is 1.54. The number of thiocarbonyl (C=S) groups is 1. The summed E-state index contributed by atoms with van der Waals surface area (Å²) in [7, 11) is 0. The summed E-state index contributed by atoms with van der Waals surface area (Å²) in [6, 6.07) is 15.3. The first kappa shape index (κ1) is 22.8. The van der Waals surface area contributed by atoms with Crippen molar-refractivity contribution in [3.8, 4) is 0 Å².